The van der Waals surface area contributed by atoms with Gasteiger partial charge < -0.3 is 5.32 Å². The average molecular weight is 350 g/mol. The highest BCUT2D eigenvalue weighted by atomic mass is 19.4. The van der Waals surface area contributed by atoms with Crippen LogP contribution in [-0.2, 0) is 23.1 Å². The summed E-state index contributed by atoms with van der Waals surface area (Å²) < 4.78 is 38.8. The normalized spacial score (nSPS) is 20.7. The second-order valence-corrected chi connectivity index (χ2v) is 5.69. The second-order valence-electron chi connectivity index (χ2n) is 5.69. The molecule has 0 bridgehead atoms. The Hall–Kier alpha value is -2.97. The molecule has 2 heterocycles. The number of amides is 3. The lowest BCUT2D eigenvalue weighted by molar-refractivity contribution is -0.138. The molecule has 0 spiro atoms. The Morgan fingerprint density at radius 1 is 1.16 bits per heavy atom. The molecular weight excluding hydrogens is 337 g/mol. The highest BCUT2D eigenvalue weighted by molar-refractivity contribution is 6.07. The van der Waals surface area contributed by atoms with Crippen molar-refractivity contribution in [3.05, 3.63) is 59.7 Å². The van der Waals surface area contributed by atoms with Crippen molar-refractivity contribution in [2.24, 2.45) is 0 Å². The summed E-state index contributed by atoms with van der Waals surface area (Å²) in [5, 5.41) is 2.46. The summed E-state index contributed by atoms with van der Waals surface area (Å²) in [7, 11) is 0. The number of alkyl halides is 3. The Bertz CT molecular complexity index is 826. The van der Waals surface area contributed by atoms with E-state index in [4.69, 9.17) is 0 Å². The Kier molecular flexibility index (Phi) is 3.94. The summed E-state index contributed by atoms with van der Waals surface area (Å²) >= 11 is 0. The topological polar surface area (TPSA) is 75.2 Å². The molecule has 130 valence electrons. The minimum atomic E-state index is -4.55. The summed E-state index contributed by atoms with van der Waals surface area (Å²) in [4.78, 5) is 33.7. The van der Waals surface area contributed by atoms with Crippen LogP contribution in [0, 0.1) is 0 Å². The van der Waals surface area contributed by atoms with E-state index < -0.39 is 29.2 Å². The van der Waals surface area contributed by atoms with E-state index >= 15 is 0 Å². The number of imide groups is 1. The Labute approximate surface area is 140 Å². The van der Waals surface area contributed by atoms with Crippen molar-refractivity contribution >= 4 is 11.9 Å². The van der Waals surface area contributed by atoms with Crippen LogP contribution in [-0.4, -0.2) is 26.8 Å². The number of hydrogen-bond acceptors (Lipinski definition) is 4. The molecule has 25 heavy (non-hydrogen) atoms. The zero-order valence-corrected chi connectivity index (χ0v) is 13.0. The SMILES string of the molecule is CC1(c2cccc(C(F)(F)F)c2)NC(=O)N(Cc2ncccn2)C1=O. The number of carbonyl (C=O) groups excluding carboxylic acids is 2. The van der Waals surface area contributed by atoms with Gasteiger partial charge in [0.25, 0.3) is 5.91 Å². The van der Waals surface area contributed by atoms with Crippen molar-refractivity contribution in [2.75, 3.05) is 0 Å². The molecule has 1 aromatic carbocycles. The molecule has 9 heteroatoms. The van der Waals surface area contributed by atoms with Crippen LogP contribution in [0.5, 0.6) is 0 Å². The highest BCUT2D eigenvalue weighted by Gasteiger charge is 2.49. The predicted octanol–water partition coefficient (Wildman–Crippen LogP) is 2.46. The van der Waals surface area contributed by atoms with Crippen LogP contribution in [0.25, 0.3) is 0 Å². The maximum atomic E-state index is 12.9. The van der Waals surface area contributed by atoms with E-state index in [1.54, 1.807) is 6.07 Å². The molecule has 1 atom stereocenters. The largest absolute Gasteiger partial charge is 0.416 e. The number of aromatic nitrogens is 2. The van der Waals surface area contributed by atoms with Crippen LogP contribution in [0.15, 0.2) is 42.7 Å². The van der Waals surface area contributed by atoms with Crippen LogP contribution in [0.4, 0.5) is 18.0 Å². The first-order chi connectivity index (χ1) is 11.7. The standard InChI is InChI=1S/C16H13F3N4O2/c1-15(10-4-2-5-11(8-10)16(17,18)19)13(24)23(14(25)22-15)9-12-20-6-3-7-21-12/h2-8H,9H2,1H3,(H,22,25). The van der Waals surface area contributed by atoms with Crippen molar-refractivity contribution in [3.8, 4) is 0 Å². The van der Waals surface area contributed by atoms with Crippen molar-refractivity contribution in [2.45, 2.75) is 25.2 Å². The van der Waals surface area contributed by atoms with Gasteiger partial charge in [-0.3, -0.25) is 9.69 Å². The number of nitrogens with one attached hydrogen (secondary N) is 1. The fourth-order valence-corrected chi connectivity index (χ4v) is 2.60. The van der Waals surface area contributed by atoms with Gasteiger partial charge in [0.15, 0.2) is 0 Å². The number of benzene rings is 1. The molecule has 1 unspecified atom stereocenters. The van der Waals surface area contributed by atoms with Gasteiger partial charge in [-0.05, 0) is 30.7 Å². The van der Waals surface area contributed by atoms with E-state index in [9.17, 15) is 22.8 Å². The Morgan fingerprint density at radius 3 is 2.48 bits per heavy atom. The zero-order valence-electron chi connectivity index (χ0n) is 13.0. The summed E-state index contributed by atoms with van der Waals surface area (Å²) in [6.45, 7) is 1.20. The first-order valence-corrected chi connectivity index (χ1v) is 7.29. The first kappa shape index (κ1) is 16.9. The quantitative estimate of drug-likeness (QED) is 0.863. The van der Waals surface area contributed by atoms with E-state index in [1.165, 1.54) is 31.5 Å². The fourth-order valence-electron chi connectivity index (χ4n) is 2.60. The van der Waals surface area contributed by atoms with Crippen LogP contribution in [0.2, 0.25) is 0 Å². The van der Waals surface area contributed by atoms with Gasteiger partial charge in [-0.1, -0.05) is 12.1 Å². The molecule has 1 aliphatic heterocycles. The lowest BCUT2D eigenvalue weighted by atomic mass is 9.90. The summed E-state index contributed by atoms with van der Waals surface area (Å²) in [5.41, 5.74) is -2.43. The lowest BCUT2D eigenvalue weighted by Crippen LogP contribution is -2.41. The van der Waals surface area contributed by atoms with E-state index in [2.05, 4.69) is 15.3 Å². The van der Waals surface area contributed by atoms with E-state index in [1.807, 2.05) is 0 Å². The average Bonchev–Trinajstić information content (AvgIpc) is 2.80. The zero-order chi connectivity index (χ0) is 18.2. The maximum absolute atomic E-state index is 12.9. The number of urea groups is 1. The van der Waals surface area contributed by atoms with Crippen molar-refractivity contribution in [1.29, 1.82) is 0 Å². The monoisotopic (exact) mass is 350 g/mol. The molecule has 3 rings (SSSR count). The van der Waals surface area contributed by atoms with Gasteiger partial charge in [0.2, 0.25) is 0 Å². The molecule has 1 fully saturated rings. The van der Waals surface area contributed by atoms with Crippen LogP contribution in [0.1, 0.15) is 23.9 Å². The maximum Gasteiger partial charge on any atom is 0.416 e. The van der Waals surface area contributed by atoms with Crippen molar-refractivity contribution in [3.63, 3.8) is 0 Å². The molecule has 2 aromatic rings. The van der Waals surface area contributed by atoms with Crippen LogP contribution < -0.4 is 5.32 Å². The van der Waals surface area contributed by atoms with Crippen LogP contribution >= 0.6 is 0 Å². The molecule has 1 N–H and O–H groups in total. The summed E-state index contributed by atoms with van der Waals surface area (Å²) in [6.07, 6.45) is -1.62. The van der Waals surface area contributed by atoms with Gasteiger partial charge in [0, 0.05) is 12.4 Å². The number of nitrogens with zero attached hydrogens (tertiary/aromatic N) is 3. The summed E-state index contributed by atoms with van der Waals surface area (Å²) in [6, 6.07) is 5.21. The summed E-state index contributed by atoms with van der Waals surface area (Å²) in [5.74, 6) is -0.413. The fraction of sp³-hybridized carbons (Fsp3) is 0.250. The van der Waals surface area contributed by atoms with Crippen molar-refractivity contribution < 1.29 is 22.8 Å². The van der Waals surface area contributed by atoms with E-state index in [-0.39, 0.29) is 17.9 Å². The molecule has 0 saturated carbocycles. The van der Waals surface area contributed by atoms with Gasteiger partial charge >= 0.3 is 12.2 Å². The minimum absolute atomic E-state index is 0.0529. The van der Waals surface area contributed by atoms with E-state index in [0.29, 0.717) is 0 Å². The molecular formula is C16H13F3N4O2. The van der Waals surface area contributed by atoms with Crippen molar-refractivity contribution in [1.82, 2.24) is 20.2 Å². The van der Waals surface area contributed by atoms with Gasteiger partial charge in [0.1, 0.15) is 11.4 Å². The van der Waals surface area contributed by atoms with Gasteiger partial charge in [-0.2, -0.15) is 13.2 Å². The van der Waals surface area contributed by atoms with Gasteiger partial charge in [0.05, 0.1) is 12.1 Å². The molecule has 0 aliphatic carbocycles. The first-order valence-electron chi connectivity index (χ1n) is 7.29. The number of rotatable bonds is 3. The van der Waals surface area contributed by atoms with E-state index in [0.717, 1.165) is 17.0 Å². The van der Waals surface area contributed by atoms with Crippen LogP contribution in [0.3, 0.4) is 0 Å². The second kappa shape index (κ2) is 5.83. The lowest BCUT2D eigenvalue weighted by Gasteiger charge is -2.23. The highest BCUT2D eigenvalue weighted by Crippen LogP contribution is 2.34. The smallest absolute Gasteiger partial charge is 0.319 e. The minimum Gasteiger partial charge on any atom is -0.319 e. The number of hydrogen-bond donors (Lipinski definition) is 1. The Morgan fingerprint density at radius 2 is 1.84 bits per heavy atom. The molecule has 3 amide bonds. The molecule has 1 aromatic heterocycles. The third kappa shape index (κ3) is 3.04. The number of carbonyl (C=O) groups is 2. The van der Waals surface area contributed by atoms with Gasteiger partial charge in [-0.25, -0.2) is 14.8 Å². The number of halogens is 3. The van der Waals surface area contributed by atoms with Gasteiger partial charge in [-0.15, -0.1) is 0 Å². The predicted molar refractivity (Wildman–Crippen MR) is 79.9 cm³/mol. The molecule has 6 nitrogen and oxygen atoms in total. The molecule has 0 radical (unpaired) electrons. The Balaban J connectivity index is 1.92. The third-order valence-corrected chi connectivity index (χ3v) is 3.96. The molecule has 1 aliphatic rings. The third-order valence-electron chi connectivity index (χ3n) is 3.96. The molecule has 1 saturated heterocycles.